The van der Waals surface area contributed by atoms with Gasteiger partial charge in [0.2, 0.25) is 10.0 Å². The fourth-order valence-corrected chi connectivity index (χ4v) is 5.26. The fourth-order valence-electron chi connectivity index (χ4n) is 3.80. The summed E-state index contributed by atoms with van der Waals surface area (Å²) in [5.74, 6) is -0.127. The molecular weight excluding hydrogens is 386 g/mol. The molecule has 0 saturated heterocycles. The van der Waals surface area contributed by atoms with E-state index in [4.69, 9.17) is 0 Å². The first kappa shape index (κ1) is 23.2. The lowest BCUT2D eigenvalue weighted by molar-refractivity contribution is 0.0939. The van der Waals surface area contributed by atoms with Crippen molar-refractivity contribution in [3.63, 3.8) is 0 Å². The lowest BCUT2D eigenvalue weighted by Crippen LogP contribution is -2.30. The first-order chi connectivity index (χ1) is 13.5. The monoisotopic (exact) mass is 419 g/mol. The third kappa shape index (κ3) is 4.73. The predicted octanol–water partition coefficient (Wildman–Crippen LogP) is 4.21. The van der Waals surface area contributed by atoms with Gasteiger partial charge in [0.05, 0.1) is 16.5 Å². The molecule has 0 radical (unpaired) electrons. The number of sulfonamides is 1. The maximum absolute atomic E-state index is 12.8. The number of rotatable bonds is 8. The highest BCUT2D eigenvalue weighted by molar-refractivity contribution is 7.89. The Labute approximate surface area is 175 Å². The number of nitrogens with zero attached hydrogens (tertiary/aromatic N) is 2. The van der Waals surface area contributed by atoms with Crippen molar-refractivity contribution in [3.05, 3.63) is 52.8 Å². The van der Waals surface area contributed by atoms with Crippen molar-refractivity contribution in [2.24, 2.45) is 0 Å². The number of aromatic nitrogens is 1. The maximum atomic E-state index is 12.8. The van der Waals surface area contributed by atoms with Gasteiger partial charge < -0.3 is 9.88 Å². The van der Waals surface area contributed by atoms with Crippen LogP contribution in [-0.4, -0.2) is 36.3 Å². The standard InChI is InChI=1S/C22H33N3O3S/c1-8-24(9-2)29(27,28)20-12-10-19(11-13-20)17(6)23-22(26)21-14-16(5)25(15(3)4)18(21)7/h10-15,17H,8-9H2,1-7H3,(H,23,26). The predicted molar refractivity (Wildman–Crippen MR) is 117 cm³/mol. The smallest absolute Gasteiger partial charge is 0.253 e. The lowest BCUT2D eigenvalue weighted by atomic mass is 10.1. The van der Waals surface area contributed by atoms with Crippen LogP contribution in [0.5, 0.6) is 0 Å². The Morgan fingerprint density at radius 3 is 2.07 bits per heavy atom. The van der Waals surface area contributed by atoms with Crippen LogP contribution < -0.4 is 5.32 Å². The van der Waals surface area contributed by atoms with Crippen LogP contribution in [0, 0.1) is 13.8 Å². The Morgan fingerprint density at radius 1 is 1.07 bits per heavy atom. The molecule has 6 nitrogen and oxygen atoms in total. The SMILES string of the molecule is CCN(CC)S(=O)(=O)c1ccc(C(C)NC(=O)c2cc(C)n(C(C)C)c2C)cc1. The van der Waals surface area contributed by atoms with Crippen LogP contribution in [0.1, 0.15) is 74.0 Å². The minimum Gasteiger partial charge on any atom is -0.346 e. The van der Waals surface area contributed by atoms with Gasteiger partial charge in [0.25, 0.3) is 5.91 Å². The van der Waals surface area contributed by atoms with E-state index in [0.29, 0.717) is 18.7 Å². The van der Waals surface area contributed by atoms with Crippen molar-refractivity contribution >= 4 is 15.9 Å². The van der Waals surface area contributed by atoms with E-state index < -0.39 is 10.0 Å². The first-order valence-electron chi connectivity index (χ1n) is 10.1. The number of hydrogen-bond donors (Lipinski definition) is 1. The molecule has 0 aliphatic carbocycles. The van der Waals surface area contributed by atoms with Crippen molar-refractivity contribution < 1.29 is 13.2 Å². The zero-order chi connectivity index (χ0) is 21.9. The van der Waals surface area contributed by atoms with Crippen LogP contribution in [0.3, 0.4) is 0 Å². The number of benzene rings is 1. The lowest BCUT2D eigenvalue weighted by Gasteiger charge is -2.19. The Morgan fingerprint density at radius 2 is 1.62 bits per heavy atom. The summed E-state index contributed by atoms with van der Waals surface area (Å²) in [5, 5.41) is 3.02. The molecule has 7 heteroatoms. The van der Waals surface area contributed by atoms with Crippen LogP contribution in [0.25, 0.3) is 0 Å². The van der Waals surface area contributed by atoms with E-state index in [2.05, 4.69) is 23.7 Å². The van der Waals surface area contributed by atoms with Gasteiger partial charge in [-0.2, -0.15) is 4.31 Å². The van der Waals surface area contributed by atoms with Gasteiger partial charge in [0, 0.05) is 30.5 Å². The van der Waals surface area contributed by atoms with Crippen LogP contribution in [0.2, 0.25) is 0 Å². The van der Waals surface area contributed by atoms with Gasteiger partial charge in [-0.05, 0) is 58.4 Å². The fraction of sp³-hybridized carbons (Fsp3) is 0.500. The molecule has 1 atom stereocenters. The van der Waals surface area contributed by atoms with Crippen molar-refractivity contribution in [3.8, 4) is 0 Å². The second kappa shape index (κ2) is 9.13. The van der Waals surface area contributed by atoms with Gasteiger partial charge in [0.15, 0.2) is 0 Å². The Hall–Kier alpha value is -2.12. The number of nitrogens with one attached hydrogen (secondary N) is 1. The molecule has 160 valence electrons. The Bertz CT molecular complexity index is 956. The number of aryl methyl sites for hydroxylation is 1. The molecule has 2 rings (SSSR count). The maximum Gasteiger partial charge on any atom is 0.253 e. The highest BCUT2D eigenvalue weighted by Gasteiger charge is 2.22. The molecule has 1 unspecified atom stereocenters. The van der Waals surface area contributed by atoms with Crippen molar-refractivity contribution in [2.75, 3.05) is 13.1 Å². The number of carbonyl (C=O) groups excluding carboxylic acids is 1. The van der Waals surface area contributed by atoms with E-state index in [1.54, 1.807) is 24.3 Å². The summed E-state index contributed by atoms with van der Waals surface area (Å²) in [7, 11) is -3.48. The van der Waals surface area contributed by atoms with E-state index in [-0.39, 0.29) is 22.9 Å². The summed E-state index contributed by atoms with van der Waals surface area (Å²) >= 11 is 0. The summed E-state index contributed by atoms with van der Waals surface area (Å²) in [4.78, 5) is 13.1. The second-order valence-corrected chi connectivity index (χ2v) is 9.54. The van der Waals surface area contributed by atoms with E-state index in [0.717, 1.165) is 17.0 Å². The molecule has 2 aromatic rings. The largest absolute Gasteiger partial charge is 0.346 e. The molecule has 1 N–H and O–H groups in total. The minimum absolute atomic E-state index is 0.127. The third-order valence-corrected chi connectivity index (χ3v) is 7.38. The molecule has 0 bridgehead atoms. The summed E-state index contributed by atoms with van der Waals surface area (Å²) in [6, 6.07) is 8.70. The van der Waals surface area contributed by atoms with E-state index in [1.807, 2.05) is 40.7 Å². The van der Waals surface area contributed by atoms with E-state index in [1.165, 1.54) is 4.31 Å². The molecule has 1 aromatic carbocycles. The van der Waals surface area contributed by atoms with Crippen molar-refractivity contribution in [2.45, 2.75) is 65.4 Å². The molecule has 0 fully saturated rings. The van der Waals surface area contributed by atoms with Gasteiger partial charge in [0.1, 0.15) is 0 Å². The van der Waals surface area contributed by atoms with Gasteiger partial charge >= 0.3 is 0 Å². The van der Waals surface area contributed by atoms with Crippen molar-refractivity contribution in [1.29, 1.82) is 0 Å². The second-order valence-electron chi connectivity index (χ2n) is 7.60. The molecule has 1 amide bonds. The normalized spacial score (nSPS) is 13.1. The average Bonchev–Trinajstić information content (AvgIpc) is 2.97. The average molecular weight is 420 g/mol. The number of amides is 1. The van der Waals surface area contributed by atoms with Crippen LogP contribution in [0.15, 0.2) is 35.2 Å². The highest BCUT2D eigenvalue weighted by atomic mass is 32.2. The summed E-state index contributed by atoms with van der Waals surface area (Å²) in [6.07, 6.45) is 0. The molecule has 0 saturated carbocycles. The summed E-state index contributed by atoms with van der Waals surface area (Å²) in [6.45, 7) is 14.6. The molecule has 0 spiro atoms. The van der Waals surface area contributed by atoms with Gasteiger partial charge in [-0.25, -0.2) is 8.42 Å². The molecule has 29 heavy (non-hydrogen) atoms. The third-order valence-electron chi connectivity index (χ3n) is 5.32. The van der Waals surface area contributed by atoms with Gasteiger partial charge in [-0.15, -0.1) is 0 Å². The molecule has 1 aromatic heterocycles. The van der Waals surface area contributed by atoms with Crippen LogP contribution in [0.4, 0.5) is 0 Å². The summed E-state index contributed by atoms with van der Waals surface area (Å²) in [5.41, 5.74) is 3.53. The number of hydrogen-bond acceptors (Lipinski definition) is 3. The Balaban J connectivity index is 2.19. The van der Waals surface area contributed by atoms with Gasteiger partial charge in [-0.3, -0.25) is 4.79 Å². The molecule has 0 aliphatic heterocycles. The Kier molecular flexibility index (Phi) is 7.30. The van der Waals surface area contributed by atoms with E-state index in [9.17, 15) is 13.2 Å². The quantitative estimate of drug-likeness (QED) is 0.697. The topological polar surface area (TPSA) is 71.4 Å². The molecule has 0 aliphatic rings. The zero-order valence-electron chi connectivity index (χ0n) is 18.5. The first-order valence-corrected chi connectivity index (χ1v) is 11.6. The molecular formula is C22H33N3O3S. The van der Waals surface area contributed by atoms with Crippen LogP contribution in [-0.2, 0) is 10.0 Å². The zero-order valence-corrected chi connectivity index (χ0v) is 19.3. The van der Waals surface area contributed by atoms with Crippen molar-refractivity contribution in [1.82, 2.24) is 14.2 Å². The van der Waals surface area contributed by atoms with Crippen LogP contribution >= 0.6 is 0 Å². The highest BCUT2D eigenvalue weighted by Crippen LogP contribution is 2.22. The van der Waals surface area contributed by atoms with Gasteiger partial charge in [-0.1, -0.05) is 26.0 Å². The number of carbonyl (C=O) groups is 1. The minimum atomic E-state index is -3.48. The summed E-state index contributed by atoms with van der Waals surface area (Å²) < 4.78 is 28.8. The molecule has 1 heterocycles. The van der Waals surface area contributed by atoms with E-state index >= 15 is 0 Å².